The Hall–Kier alpha value is -1.40. The second-order valence-electron chi connectivity index (χ2n) is 7.53. The van der Waals surface area contributed by atoms with E-state index in [-0.39, 0.29) is 0 Å². The molecule has 1 unspecified atom stereocenters. The SMILES string of the molecule is c1nc(N2CCCCC2)cc(N2CCC(OCC3CCOC3)CC2)n1. The Morgan fingerprint density at radius 2 is 1.68 bits per heavy atom. The zero-order valence-electron chi connectivity index (χ0n) is 15.1. The third kappa shape index (κ3) is 4.42. The zero-order chi connectivity index (χ0) is 16.9. The van der Waals surface area contributed by atoms with Gasteiger partial charge in [-0.15, -0.1) is 0 Å². The molecular formula is C19H30N4O2. The maximum atomic E-state index is 6.12. The number of aromatic nitrogens is 2. The van der Waals surface area contributed by atoms with Crippen LogP contribution in [0.25, 0.3) is 0 Å². The first-order valence-corrected chi connectivity index (χ1v) is 9.90. The second kappa shape index (κ2) is 8.32. The van der Waals surface area contributed by atoms with Crippen LogP contribution in [-0.2, 0) is 9.47 Å². The van der Waals surface area contributed by atoms with Crippen LogP contribution in [0.15, 0.2) is 12.4 Å². The van der Waals surface area contributed by atoms with E-state index >= 15 is 0 Å². The maximum absolute atomic E-state index is 6.12. The average molecular weight is 346 g/mol. The van der Waals surface area contributed by atoms with Gasteiger partial charge in [0.25, 0.3) is 0 Å². The van der Waals surface area contributed by atoms with E-state index in [1.54, 1.807) is 6.33 Å². The smallest absolute Gasteiger partial charge is 0.134 e. The molecule has 1 aromatic rings. The molecule has 3 saturated heterocycles. The summed E-state index contributed by atoms with van der Waals surface area (Å²) in [5.41, 5.74) is 0. The van der Waals surface area contributed by atoms with Crippen LogP contribution in [0.2, 0.25) is 0 Å². The van der Waals surface area contributed by atoms with Crippen molar-refractivity contribution in [2.24, 2.45) is 5.92 Å². The summed E-state index contributed by atoms with van der Waals surface area (Å²) in [7, 11) is 0. The number of ether oxygens (including phenoxy) is 2. The molecular weight excluding hydrogens is 316 g/mol. The van der Waals surface area contributed by atoms with Crippen LogP contribution in [0.4, 0.5) is 11.6 Å². The van der Waals surface area contributed by atoms with Crippen molar-refractivity contribution in [3.05, 3.63) is 12.4 Å². The first-order valence-electron chi connectivity index (χ1n) is 9.90. The summed E-state index contributed by atoms with van der Waals surface area (Å²) in [6, 6.07) is 2.17. The van der Waals surface area contributed by atoms with Gasteiger partial charge in [-0.1, -0.05) is 0 Å². The largest absolute Gasteiger partial charge is 0.381 e. The number of nitrogens with zero attached hydrogens (tertiary/aromatic N) is 4. The van der Waals surface area contributed by atoms with Gasteiger partial charge in [-0.25, -0.2) is 9.97 Å². The van der Waals surface area contributed by atoms with E-state index < -0.39 is 0 Å². The molecule has 1 atom stereocenters. The van der Waals surface area contributed by atoms with Gasteiger partial charge < -0.3 is 19.3 Å². The lowest BCUT2D eigenvalue weighted by Crippen LogP contribution is -2.38. The highest BCUT2D eigenvalue weighted by molar-refractivity contribution is 5.50. The third-order valence-corrected chi connectivity index (χ3v) is 5.68. The molecule has 0 aliphatic carbocycles. The number of hydrogen-bond donors (Lipinski definition) is 0. The van der Waals surface area contributed by atoms with Crippen LogP contribution in [0.5, 0.6) is 0 Å². The summed E-state index contributed by atoms with van der Waals surface area (Å²) in [5, 5.41) is 0. The first kappa shape index (κ1) is 17.0. The molecule has 4 heterocycles. The summed E-state index contributed by atoms with van der Waals surface area (Å²) >= 11 is 0. The summed E-state index contributed by atoms with van der Waals surface area (Å²) < 4.78 is 11.5. The predicted octanol–water partition coefficient (Wildman–Crippen LogP) is 2.49. The molecule has 0 aromatic carbocycles. The normalized spacial score (nSPS) is 25.5. The van der Waals surface area contributed by atoms with Crippen molar-refractivity contribution < 1.29 is 9.47 Å². The zero-order valence-corrected chi connectivity index (χ0v) is 15.1. The van der Waals surface area contributed by atoms with Crippen LogP contribution in [0, 0.1) is 5.92 Å². The van der Waals surface area contributed by atoms with Crippen LogP contribution in [-0.4, -0.2) is 62.1 Å². The fourth-order valence-electron chi connectivity index (χ4n) is 4.04. The van der Waals surface area contributed by atoms with Gasteiger partial charge in [-0.2, -0.15) is 0 Å². The molecule has 0 bridgehead atoms. The highest BCUT2D eigenvalue weighted by atomic mass is 16.5. The Balaban J connectivity index is 1.28. The summed E-state index contributed by atoms with van der Waals surface area (Å²) in [4.78, 5) is 13.8. The Morgan fingerprint density at radius 3 is 2.36 bits per heavy atom. The Bertz CT molecular complexity index is 536. The van der Waals surface area contributed by atoms with Crippen molar-refractivity contribution in [3.63, 3.8) is 0 Å². The average Bonchev–Trinajstić information content (AvgIpc) is 3.21. The number of hydrogen-bond acceptors (Lipinski definition) is 6. The highest BCUT2D eigenvalue weighted by Crippen LogP contribution is 2.25. The van der Waals surface area contributed by atoms with Crippen molar-refractivity contribution in [3.8, 4) is 0 Å². The monoisotopic (exact) mass is 346 g/mol. The predicted molar refractivity (Wildman–Crippen MR) is 98.2 cm³/mol. The van der Waals surface area contributed by atoms with Crippen LogP contribution in [0.3, 0.4) is 0 Å². The fourth-order valence-corrected chi connectivity index (χ4v) is 4.04. The van der Waals surface area contributed by atoms with Crippen molar-refractivity contribution in [2.45, 2.75) is 44.6 Å². The van der Waals surface area contributed by atoms with Crippen LogP contribution in [0.1, 0.15) is 38.5 Å². The number of anilines is 2. The van der Waals surface area contributed by atoms with Crippen molar-refractivity contribution in [1.29, 1.82) is 0 Å². The topological polar surface area (TPSA) is 50.7 Å². The van der Waals surface area contributed by atoms with Gasteiger partial charge in [0, 0.05) is 44.8 Å². The highest BCUT2D eigenvalue weighted by Gasteiger charge is 2.24. The van der Waals surface area contributed by atoms with E-state index in [1.807, 2.05) is 0 Å². The van der Waals surface area contributed by atoms with Crippen LogP contribution < -0.4 is 9.80 Å². The van der Waals surface area contributed by atoms with E-state index in [9.17, 15) is 0 Å². The summed E-state index contributed by atoms with van der Waals surface area (Å²) in [5.74, 6) is 2.76. The standard InChI is InChI=1S/C19H30N4O2/c1-2-7-22(8-3-1)18-12-19(21-15-20-18)23-9-4-17(5-10-23)25-14-16-6-11-24-13-16/h12,15-17H,1-11,13-14H2. The number of rotatable bonds is 5. The molecule has 1 aromatic heterocycles. The minimum atomic E-state index is 0.389. The molecule has 3 aliphatic heterocycles. The third-order valence-electron chi connectivity index (χ3n) is 5.68. The molecule has 6 nitrogen and oxygen atoms in total. The molecule has 0 N–H and O–H groups in total. The van der Waals surface area contributed by atoms with Gasteiger partial charge >= 0.3 is 0 Å². The van der Waals surface area contributed by atoms with Gasteiger partial charge in [0.15, 0.2) is 0 Å². The molecule has 138 valence electrons. The lowest BCUT2D eigenvalue weighted by Gasteiger charge is -2.34. The number of piperidine rings is 2. The minimum absolute atomic E-state index is 0.389. The van der Waals surface area contributed by atoms with Gasteiger partial charge in [0.05, 0.1) is 19.3 Å². The lowest BCUT2D eigenvalue weighted by molar-refractivity contribution is 0.0131. The van der Waals surface area contributed by atoms with Gasteiger partial charge in [-0.05, 0) is 38.5 Å². The molecule has 0 saturated carbocycles. The molecule has 0 amide bonds. The lowest BCUT2D eigenvalue weighted by atomic mass is 10.1. The van der Waals surface area contributed by atoms with Crippen molar-refractivity contribution >= 4 is 11.6 Å². The Labute approximate surface area is 150 Å². The maximum Gasteiger partial charge on any atom is 0.134 e. The first-order chi connectivity index (χ1) is 12.4. The molecule has 3 fully saturated rings. The van der Waals surface area contributed by atoms with Crippen molar-refractivity contribution in [1.82, 2.24) is 9.97 Å². The molecule has 0 spiro atoms. The van der Waals surface area contributed by atoms with E-state index in [4.69, 9.17) is 9.47 Å². The van der Waals surface area contributed by atoms with Gasteiger partial charge in [0.1, 0.15) is 18.0 Å². The van der Waals surface area contributed by atoms with Gasteiger partial charge in [-0.3, -0.25) is 0 Å². The Kier molecular flexibility index (Phi) is 5.67. The minimum Gasteiger partial charge on any atom is -0.381 e. The molecule has 3 aliphatic rings. The van der Waals surface area contributed by atoms with E-state index in [0.29, 0.717) is 12.0 Å². The fraction of sp³-hybridized carbons (Fsp3) is 0.789. The van der Waals surface area contributed by atoms with Crippen molar-refractivity contribution in [2.75, 3.05) is 55.8 Å². The summed E-state index contributed by atoms with van der Waals surface area (Å²) in [6.45, 7) is 6.91. The van der Waals surface area contributed by atoms with E-state index in [1.165, 1.54) is 19.3 Å². The Morgan fingerprint density at radius 1 is 0.960 bits per heavy atom. The molecule has 6 heteroatoms. The quantitative estimate of drug-likeness (QED) is 0.816. The van der Waals surface area contributed by atoms with Crippen LogP contribution >= 0.6 is 0 Å². The molecule has 0 radical (unpaired) electrons. The van der Waals surface area contributed by atoms with Gasteiger partial charge in [0.2, 0.25) is 0 Å². The van der Waals surface area contributed by atoms with E-state index in [0.717, 1.165) is 76.9 Å². The molecule has 4 rings (SSSR count). The summed E-state index contributed by atoms with van der Waals surface area (Å²) in [6.07, 6.45) is 9.31. The molecule has 25 heavy (non-hydrogen) atoms. The van der Waals surface area contributed by atoms with E-state index in [2.05, 4.69) is 25.8 Å². The second-order valence-corrected chi connectivity index (χ2v) is 7.53.